The number of rotatable bonds is 3. The summed E-state index contributed by atoms with van der Waals surface area (Å²) in [5.74, 6) is -0.628. The van der Waals surface area contributed by atoms with Crippen molar-refractivity contribution in [1.82, 2.24) is 9.78 Å². The Balaban J connectivity index is 1.94. The molecular formula is C17H11Cl2N3O2. The van der Waals surface area contributed by atoms with Gasteiger partial charge in [0.15, 0.2) is 5.69 Å². The van der Waals surface area contributed by atoms with Gasteiger partial charge in [-0.2, -0.15) is 5.10 Å². The molecule has 1 amide bonds. The molecule has 0 bridgehead atoms. The van der Waals surface area contributed by atoms with Crippen LogP contribution in [-0.2, 0) is 0 Å². The van der Waals surface area contributed by atoms with Crippen LogP contribution in [0.25, 0.3) is 5.69 Å². The summed E-state index contributed by atoms with van der Waals surface area (Å²) in [6, 6.07) is 14.9. The molecule has 2 aromatic carbocycles. The quantitative estimate of drug-likeness (QED) is 0.773. The topological polar surface area (TPSA) is 64.0 Å². The van der Waals surface area contributed by atoms with Crippen molar-refractivity contribution in [1.29, 1.82) is 0 Å². The molecule has 1 N–H and O–H groups in total. The molecule has 0 aliphatic rings. The van der Waals surface area contributed by atoms with E-state index < -0.39 is 11.3 Å². The number of hydrogen-bond donors (Lipinski definition) is 1. The van der Waals surface area contributed by atoms with Crippen LogP contribution in [0.2, 0.25) is 10.0 Å². The number of carbonyl (C=O) groups is 1. The SMILES string of the molecule is O=C(Nc1ccccc1Cl)c1nn(-c2ccc(Cl)cc2)ccc1=O. The molecule has 0 spiro atoms. The van der Waals surface area contributed by atoms with Crippen molar-refractivity contribution in [3.63, 3.8) is 0 Å². The average molecular weight is 360 g/mol. The van der Waals surface area contributed by atoms with Crippen LogP contribution in [0.4, 0.5) is 5.69 Å². The minimum atomic E-state index is -0.628. The van der Waals surface area contributed by atoms with E-state index in [1.807, 2.05) is 0 Å². The number of carbonyl (C=O) groups excluding carboxylic acids is 1. The van der Waals surface area contributed by atoms with Crippen LogP contribution in [0.1, 0.15) is 10.5 Å². The fraction of sp³-hybridized carbons (Fsp3) is 0. The standard InChI is InChI=1S/C17H11Cl2N3O2/c18-11-5-7-12(8-6-11)22-10-9-15(23)16(21-22)17(24)20-14-4-2-1-3-13(14)19/h1-10H,(H,20,24). The van der Waals surface area contributed by atoms with Crippen LogP contribution in [-0.4, -0.2) is 15.7 Å². The van der Waals surface area contributed by atoms with Gasteiger partial charge in [0.1, 0.15) is 0 Å². The molecule has 24 heavy (non-hydrogen) atoms. The third-order valence-corrected chi connectivity index (χ3v) is 3.82. The van der Waals surface area contributed by atoms with E-state index >= 15 is 0 Å². The number of nitrogens with zero attached hydrogens (tertiary/aromatic N) is 2. The Labute approximate surface area is 147 Å². The Morgan fingerprint density at radius 2 is 1.71 bits per heavy atom. The van der Waals surface area contributed by atoms with Gasteiger partial charge >= 0.3 is 0 Å². The summed E-state index contributed by atoms with van der Waals surface area (Å²) in [6.45, 7) is 0. The minimum absolute atomic E-state index is 0.229. The first-order valence-electron chi connectivity index (χ1n) is 6.96. The van der Waals surface area contributed by atoms with Crippen molar-refractivity contribution >= 4 is 34.8 Å². The van der Waals surface area contributed by atoms with Gasteiger partial charge in [0.2, 0.25) is 5.43 Å². The highest BCUT2D eigenvalue weighted by Gasteiger charge is 2.14. The van der Waals surface area contributed by atoms with E-state index in [2.05, 4.69) is 10.4 Å². The fourth-order valence-electron chi connectivity index (χ4n) is 2.05. The minimum Gasteiger partial charge on any atom is -0.319 e. The first kappa shape index (κ1) is 16.2. The largest absolute Gasteiger partial charge is 0.319 e. The highest BCUT2D eigenvalue weighted by molar-refractivity contribution is 6.33. The molecule has 0 atom stereocenters. The summed E-state index contributed by atoms with van der Waals surface area (Å²) < 4.78 is 1.43. The van der Waals surface area contributed by atoms with Crippen molar-refractivity contribution in [2.75, 3.05) is 5.32 Å². The Hall–Kier alpha value is -2.63. The van der Waals surface area contributed by atoms with Crippen LogP contribution in [0, 0.1) is 0 Å². The molecule has 0 aliphatic carbocycles. The van der Waals surface area contributed by atoms with E-state index in [1.54, 1.807) is 48.5 Å². The summed E-state index contributed by atoms with van der Waals surface area (Å²) in [7, 11) is 0. The lowest BCUT2D eigenvalue weighted by molar-refractivity contribution is 0.101. The molecule has 3 rings (SSSR count). The zero-order chi connectivity index (χ0) is 17.1. The molecule has 1 aromatic heterocycles. The first-order chi connectivity index (χ1) is 11.5. The predicted octanol–water partition coefficient (Wildman–Crippen LogP) is 3.79. The Morgan fingerprint density at radius 3 is 2.42 bits per heavy atom. The number of hydrogen-bond acceptors (Lipinski definition) is 3. The molecule has 5 nitrogen and oxygen atoms in total. The fourth-order valence-corrected chi connectivity index (χ4v) is 2.36. The second-order valence-corrected chi connectivity index (χ2v) is 5.73. The smallest absolute Gasteiger partial charge is 0.280 e. The maximum atomic E-state index is 12.4. The number of halogens is 2. The van der Waals surface area contributed by atoms with E-state index in [9.17, 15) is 9.59 Å². The van der Waals surface area contributed by atoms with Gasteiger partial charge in [-0.25, -0.2) is 4.68 Å². The monoisotopic (exact) mass is 359 g/mol. The summed E-state index contributed by atoms with van der Waals surface area (Å²) in [6.07, 6.45) is 1.48. The lowest BCUT2D eigenvalue weighted by Crippen LogP contribution is -2.25. The van der Waals surface area contributed by atoms with E-state index in [0.717, 1.165) is 0 Å². The molecule has 0 aliphatic heterocycles. The van der Waals surface area contributed by atoms with Crippen molar-refractivity contribution in [3.8, 4) is 5.69 Å². The van der Waals surface area contributed by atoms with Gasteiger partial charge in [-0.3, -0.25) is 9.59 Å². The van der Waals surface area contributed by atoms with Crippen molar-refractivity contribution < 1.29 is 4.79 Å². The van der Waals surface area contributed by atoms with Gasteiger partial charge in [-0.05, 0) is 36.4 Å². The lowest BCUT2D eigenvalue weighted by atomic mass is 10.3. The lowest BCUT2D eigenvalue weighted by Gasteiger charge is -2.09. The molecular weight excluding hydrogens is 349 g/mol. The van der Waals surface area contributed by atoms with Crippen LogP contribution in [0.15, 0.2) is 65.6 Å². The Kier molecular flexibility index (Phi) is 4.64. The average Bonchev–Trinajstić information content (AvgIpc) is 2.58. The number of benzene rings is 2. The first-order valence-corrected chi connectivity index (χ1v) is 7.72. The number of anilines is 1. The van der Waals surface area contributed by atoms with Crippen LogP contribution in [0.3, 0.4) is 0 Å². The Morgan fingerprint density at radius 1 is 1.00 bits per heavy atom. The van der Waals surface area contributed by atoms with Gasteiger partial charge in [0.05, 0.1) is 16.4 Å². The molecule has 7 heteroatoms. The van der Waals surface area contributed by atoms with Crippen LogP contribution >= 0.6 is 23.2 Å². The van der Waals surface area contributed by atoms with E-state index in [-0.39, 0.29) is 5.69 Å². The maximum Gasteiger partial charge on any atom is 0.280 e. The normalized spacial score (nSPS) is 10.4. The van der Waals surface area contributed by atoms with E-state index in [1.165, 1.54) is 16.9 Å². The maximum absolute atomic E-state index is 12.4. The van der Waals surface area contributed by atoms with E-state index in [0.29, 0.717) is 21.4 Å². The number of amides is 1. The van der Waals surface area contributed by atoms with Gasteiger partial charge in [0.25, 0.3) is 5.91 Å². The highest BCUT2D eigenvalue weighted by atomic mass is 35.5. The highest BCUT2D eigenvalue weighted by Crippen LogP contribution is 2.20. The number of para-hydroxylation sites is 1. The Bertz CT molecular complexity index is 953. The molecule has 3 aromatic rings. The van der Waals surface area contributed by atoms with E-state index in [4.69, 9.17) is 23.2 Å². The van der Waals surface area contributed by atoms with Crippen LogP contribution in [0.5, 0.6) is 0 Å². The molecule has 0 saturated heterocycles. The van der Waals surface area contributed by atoms with Crippen molar-refractivity contribution in [2.45, 2.75) is 0 Å². The number of aromatic nitrogens is 2. The molecule has 0 fully saturated rings. The summed E-state index contributed by atoms with van der Waals surface area (Å²) in [4.78, 5) is 24.3. The van der Waals surface area contributed by atoms with Crippen molar-refractivity contribution in [2.24, 2.45) is 0 Å². The van der Waals surface area contributed by atoms with Gasteiger partial charge < -0.3 is 5.32 Å². The number of nitrogens with one attached hydrogen (secondary N) is 1. The molecule has 0 radical (unpaired) electrons. The predicted molar refractivity (Wildman–Crippen MR) is 94.2 cm³/mol. The molecule has 0 unspecified atom stereocenters. The van der Waals surface area contributed by atoms with Crippen molar-refractivity contribution in [3.05, 3.63) is 86.8 Å². The van der Waals surface area contributed by atoms with Gasteiger partial charge in [0, 0.05) is 17.3 Å². The van der Waals surface area contributed by atoms with Gasteiger partial charge in [-0.1, -0.05) is 35.3 Å². The van der Waals surface area contributed by atoms with Gasteiger partial charge in [-0.15, -0.1) is 0 Å². The zero-order valence-corrected chi connectivity index (χ0v) is 13.8. The molecule has 1 heterocycles. The second-order valence-electron chi connectivity index (χ2n) is 4.88. The third-order valence-electron chi connectivity index (χ3n) is 3.24. The summed E-state index contributed by atoms with van der Waals surface area (Å²) >= 11 is 11.9. The summed E-state index contributed by atoms with van der Waals surface area (Å²) in [5.41, 5.74) is 0.371. The summed E-state index contributed by atoms with van der Waals surface area (Å²) in [5, 5.41) is 7.65. The third kappa shape index (κ3) is 3.48. The molecule has 120 valence electrons. The molecule has 0 saturated carbocycles. The second kappa shape index (κ2) is 6.86. The zero-order valence-electron chi connectivity index (χ0n) is 12.2. The van der Waals surface area contributed by atoms with Crippen LogP contribution < -0.4 is 10.7 Å².